The lowest BCUT2D eigenvalue weighted by atomic mass is 10.0. The average Bonchev–Trinajstić information content (AvgIpc) is 2.94. The molecule has 0 saturated carbocycles. The number of aldehydes is 1. The van der Waals surface area contributed by atoms with Crippen molar-refractivity contribution in [2.75, 3.05) is 26.7 Å². The molecule has 3 unspecified atom stereocenters. The summed E-state index contributed by atoms with van der Waals surface area (Å²) in [5.74, 6) is 0.204. The second kappa shape index (κ2) is 19.8. The van der Waals surface area contributed by atoms with Crippen LogP contribution in [0.15, 0.2) is 48.2 Å². The molecule has 0 aromatic heterocycles. The summed E-state index contributed by atoms with van der Waals surface area (Å²) in [5, 5.41) is 8.64. The van der Waals surface area contributed by atoms with Crippen LogP contribution in [0.25, 0.3) is 0 Å². The van der Waals surface area contributed by atoms with E-state index in [2.05, 4.69) is 58.0 Å². The summed E-state index contributed by atoms with van der Waals surface area (Å²) in [6.45, 7) is 14.2. The van der Waals surface area contributed by atoms with Crippen LogP contribution >= 0.6 is 30.1 Å². The number of allylic oxidation sites excluding steroid dienone is 2. The lowest BCUT2D eigenvalue weighted by Crippen LogP contribution is -2.51. The summed E-state index contributed by atoms with van der Waals surface area (Å²) in [5.41, 5.74) is 2.22. The molecular weight excluding hydrogens is 592 g/mol. The first kappa shape index (κ1) is 38.6. The summed E-state index contributed by atoms with van der Waals surface area (Å²) < 4.78 is 27.5. The minimum absolute atomic E-state index is 0.0285. The molecule has 42 heavy (non-hydrogen) atoms. The Morgan fingerprint density at radius 1 is 1.10 bits per heavy atom. The van der Waals surface area contributed by atoms with E-state index in [1.807, 2.05) is 26.0 Å². The number of rotatable bonds is 11. The van der Waals surface area contributed by atoms with E-state index in [0.29, 0.717) is 6.04 Å². The molecule has 0 amide bonds. The maximum Gasteiger partial charge on any atom is 0.283 e. The van der Waals surface area contributed by atoms with Gasteiger partial charge in [-0.25, -0.2) is 0 Å². The topological polar surface area (TPSA) is 43.8 Å². The second-order valence-electron chi connectivity index (χ2n) is 11.0. The molecule has 0 radical (unpaired) electrons. The standard InChI is InChI=1S/C28H39ClF2N2P2.C4H8O.CH4O/c1-4-6-8-26(16-22-9-11-24(17-27(22)34)28(30,31)35)33-14-13-32(18-20(33)3)19-23-15-25(29)12-10-21(23)7-5-2;1-4(2)3-5;1-2/h8-12,15,17,20H,4-7,13-14,16,18-19,34-35H2,1-3H3;3-4H,1-2H3;2H,1H3. The van der Waals surface area contributed by atoms with Gasteiger partial charge in [-0.15, -0.1) is 9.24 Å². The molecule has 2 aromatic carbocycles. The molecule has 1 N–H and O–H groups in total. The van der Waals surface area contributed by atoms with E-state index in [1.165, 1.54) is 16.8 Å². The number of carbonyl (C=O) groups excluding carboxylic acids is 1. The van der Waals surface area contributed by atoms with Crippen LogP contribution < -0.4 is 5.30 Å². The summed E-state index contributed by atoms with van der Waals surface area (Å²) >= 11 is 6.32. The molecule has 1 fully saturated rings. The average molecular weight is 643 g/mol. The number of benzene rings is 2. The zero-order valence-corrected chi connectivity index (χ0v) is 29.2. The molecule has 0 aliphatic carbocycles. The van der Waals surface area contributed by atoms with Crippen molar-refractivity contribution in [3.8, 4) is 0 Å². The highest BCUT2D eigenvalue weighted by molar-refractivity contribution is 7.27. The van der Waals surface area contributed by atoms with Crippen LogP contribution in [0.4, 0.5) is 8.78 Å². The number of hydrogen-bond acceptors (Lipinski definition) is 4. The van der Waals surface area contributed by atoms with E-state index >= 15 is 0 Å². The Morgan fingerprint density at radius 2 is 1.74 bits per heavy atom. The minimum atomic E-state index is -2.91. The van der Waals surface area contributed by atoms with E-state index in [4.69, 9.17) is 16.7 Å². The lowest BCUT2D eigenvalue weighted by Gasteiger charge is -2.43. The number of hydrogen-bond donors (Lipinski definition) is 1. The van der Waals surface area contributed by atoms with Crippen molar-refractivity contribution in [1.82, 2.24) is 9.80 Å². The van der Waals surface area contributed by atoms with Gasteiger partial charge in [-0.3, -0.25) is 4.90 Å². The van der Waals surface area contributed by atoms with Crippen molar-refractivity contribution in [3.05, 3.63) is 75.4 Å². The van der Waals surface area contributed by atoms with Gasteiger partial charge in [0, 0.05) is 68.0 Å². The van der Waals surface area contributed by atoms with Gasteiger partial charge in [0.05, 0.1) is 0 Å². The first-order valence-electron chi connectivity index (χ1n) is 14.8. The minimum Gasteiger partial charge on any atom is -0.400 e. The van der Waals surface area contributed by atoms with Crippen LogP contribution in [0.2, 0.25) is 5.02 Å². The summed E-state index contributed by atoms with van der Waals surface area (Å²) in [6.07, 6.45) is 8.30. The Kier molecular flexibility index (Phi) is 18.2. The predicted molar refractivity (Wildman–Crippen MR) is 182 cm³/mol. The smallest absolute Gasteiger partial charge is 0.283 e. The third-order valence-corrected chi connectivity index (χ3v) is 8.11. The molecule has 1 aliphatic rings. The SMILES string of the molecule is CC(C)C=O.CCCC=C(Cc1ccc(C(F)(F)P)cc1P)N1CCN(Cc2cc(Cl)ccc2CCC)CC1C.CO. The molecule has 1 heterocycles. The van der Waals surface area contributed by atoms with Crippen LogP contribution in [-0.4, -0.2) is 54.0 Å². The number of alkyl halides is 2. The third-order valence-electron chi connectivity index (χ3n) is 7.01. The number of aliphatic hydroxyl groups is 1. The molecule has 9 heteroatoms. The van der Waals surface area contributed by atoms with Crippen molar-refractivity contribution in [3.63, 3.8) is 0 Å². The lowest BCUT2D eigenvalue weighted by molar-refractivity contribution is -0.110. The maximum atomic E-state index is 13.7. The first-order valence-corrected chi connectivity index (χ1v) is 16.3. The normalized spacial score (nSPS) is 16.0. The molecule has 3 rings (SSSR count). The van der Waals surface area contributed by atoms with Gasteiger partial charge >= 0.3 is 0 Å². The molecule has 236 valence electrons. The van der Waals surface area contributed by atoms with Crippen molar-refractivity contribution < 1.29 is 18.7 Å². The van der Waals surface area contributed by atoms with Crippen LogP contribution in [0, 0.1) is 5.92 Å². The molecule has 1 saturated heterocycles. The number of aryl methyl sites for hydroxylation is 1. The zero-order valence-electron chi connectivity index (χ0n) is 26.2. The maximum absolute atomic E-state index is 13.7. The van der Waals surface area contributed by atoms with E-state index in [9.17, 15) is 13.6 Å². The summed E-state index contributed by atoms with van der Waals surface area (Å²) in [6, 6.07) is 11.6. The van der Waals surface area contributed by atoms with Crippen LogP contribution in [0.5, 0.6) is 0 Å². The largest absolute Gasteiger partial charge is 0.400 e. The summed E-state index contributed by atoms with van der Waals surface area (Å²) in [4.78, 5) is 14.5. The molecule has 3 atom stereocenters. The Balaban J connectivity index is 0.00000114. The Labute approximate surface area is 262 Å². The first-order chi connectivity index (χ1) is 19.9. The Morgan fingerprint density at radius 3 is 2.26 bits per heavy atom. The third kappa shape index (κ3) is 13.1. The quantitative estimate of drug-likeness (QED) is 0.203. The van der Waals surface area contributed by atoms with Gasteiger partial charge in [0.15, 0.2) is 0 Å². The molecule has 2 aromatic rings. The highest BCUT2D eigenvalue weighted by Crippen LogP contribution is 2.35. The monoisotopic (exact) mass is 642 g/mol. The van der Waals surface area contributed by atoms with Gasteiger partial charge in [0.2, 0.25) is 0 Å². The van der Waals surface area contributed by atoms with Gasteiger partial charge in [-0.2, -0.15) is 8.78 Å². The van der Waals surface area contributed by atoms with Crippen molar-refractivity contribution in [2.45, 2.75) is 85.0 Å². The highest BCUT2D eigenvalue weighted by Gasteiger charge is 2.27. The highest BCUT2D eigenvalue weighted by atomic mass is 35.5. The molecule has 1 aliphatic heterocycles. The number of carbonyl (C=O) groups is 1. The molecule has 4 nitrogen and oxygen atoms in total. The van der Waals surface area contributed by atoms with Crippen molar-refractivity contribution in [1.29, 1.82) is 0 Å². The Hall–Kier alpha value is -1.42. The molecular formula is C33H51ClF2N2O2P2. The van der Waals surface area contributed by atoms with Crippen molar-refractivity contribution in [2.24, 2.45) is 5.92 Å². The van der Waals surface area contributed by atoms with Gasteiger partial charge in [-0.1, -0.05) is 85.7 Å². The molecule has 0 bridgehead atoms. The fourth-order valence-corrected chi connectivity index (χ4v) is 5.61. The van der Waals surface area contributed by atoms with E-state index in [0.717, 1.165) is 87.6 Å². The van der Waals surface area contributed by atoms with Crippen LogP contribution in [0.3, 0.4) is 0 Å². The number of halogens is 3. The predicted octanol–water partition coefficient (Wildman–Crippen LogP) is 7.60. The number of unbranched alkanes of at least 4 members (excludes halogenated alkanes) is 1. The zero-order chi connectivity index (χ0) is 31.9. The molecule has 0 spiro atoms. The fraction of sp³-hybridized carbons (Fsp3) is 0.545. The Bertz CT molecular complexity index is 1130. The van der Waals surface area contributed by atoms with Crippen LogP contribution in [-0.2, 0) is 29.8 Å². The number of nitrogens with zero attached hydrogens (tertiary/aromatic N) is 2. The van der Waals surface area contributed by atoms with Crippen LogP contribution in [0.1, 0.15) is 76.1 Å². The van der Waals surface area contributed by atoms with E-state index < -0.39 is 5.66 Å². The fourth-order valence-electron chi connectivity index (χ4n) is 4.86. The van der Waals surface area contributed by atoms with Gasteiger partial charge in [0.1, 0.15) is 6.29 Å². The van der Waals surface area contributed by atoms with Gasteiger partial charge in [0.25, 0.3) is 5.66 Å². The number of piperazine rings is 1. The van der Waals surface area contributed by atoms with E-state index in [1.54, 1.807) is 21.4 Å². The van der Waals surface area contributed by atoms with Crippen molar-refractivity contribution >= 4 is 41.7 Å². The second-order valence-corrected chi connectivity index (χ2v) is 12.8. The van der Waals surface area contributed by atoms with Gasteiger partial charge < -0.3 is 14.8 Å². The van der Waals surface area contributed by atoms with Gasteiger partial charge in [-0.05, 0) is 60.0 Å². The number of aliphatic hydroxyl groups excluding tert-OH is 1. The summed E-state index contributed by atoms with van der Waals surface area (Å²) in [7, 11) is 5.28. The van der Waals surface area contributed by atoms with E-state index in [-0.39, 0.29) is 11.5 Å².